The van der Waals surface area contributed by atoms with Crippen LogP contribution in [0.4, 0.5) is 5.69 Å². The molecule has 64 valence electrons. The lowest BCUT2D eigenvalue weighted by Crippen LogP contribution is -1.98. The molecule has 3 heteroatoms. The highest BCUT2D eigenvalue weighted by atomic mass is 14.6. The highest BCUT2D eigenvalue weighted by molar-refractivity contribution is 5.56. The molecule has 0 saturated heterocycles. The molecule has 1 rings (SSSR count). The largest absolute Gasteiger partial charge is 0.399 e. The Bertz CT molecular complexity index is 407. The summed E-state index contributed by atoms with van der Waals surface area (Å²) in [4.78, 5) is 0. The minimum atomic E-state index is 0.236. The Labute approximate surface area is 77.0 Å². The van der Waals surface area contributed by atoms with Crippen LogP contribution in [0.2, 0.25) is 0 Å². The molecule has 0 heterocycles. The van der Waals surface area contributed by atoms with Crippen molar-refractivity contribution < 1.29 is 0 Å². The molecule has 0 atom stereocenters. The fourth-order valence-electron chi connectivity index (χ4n) is 1.19. The Kier molecular flexibility index (Phi) is 2.52. The van der Waals surface area contributed by atoms with Gasteiger partial charge in [0.1, 0.15) is 0 Å². The van der Waals surface area contributed by atoms with Crippen molar-refractivity contribution in [3.63, 3.8) is 0 Å². The van der Waals surface area contributed by atoms with Gasteiger partial charge in [-0.3, -0.25) is 0 Å². The molecule has 0 aliphatic carbocycles. The Hall–Kier alpha value is -2.00. The average molecular weight is 171 g/mol. The molecule has 1 aromatic rings. The molecule has 0 amide bonds. The summed E-state index contributed by atoms with van der Waals surface area (Å²) in [5.74, 6) is 0. The van der Waals surface area contributed by atoms with Crippen molar-refractivity contribution in [3.8, 4) is 12.1 Å². The second-order valence-electron chi connectivity index (χ2n) is 2.75. The van der Waals surface area contributed by atoms with Gasteiger partial charge in [-0.25, -0.2) is 0 Å². The van der Waals surface area contributed by atoms with E-state index in [9.17, 15) is 0 Å². The number of benzene rings is 1. The van der Waals surface area contributed by atoms with Crippen molar-refractivity contribution in [1.29, 1.82) is 10.5 Å². The predicted octanol–water partition coefficient (Wildman–Crippen LogP) is 1.51. The first-order valence-corrected chi connectivity index (χ1v) is 3.85. The van der Waals surface area contributed by atoms with Crippen LogP contribution in [0.5, 0.6) is 0 Å². The lowest BCUT2D eigenvalue weighted by molar-refractivity contribution is 1.20. The summed E-state index contributed by atoms with van der Waals surface area (Å²) >= 11 is 0. The zero-order valence-electron chi connectivity index (χ0n) is 7.33. The van der Waals surface area contributed by atoms with Gasteiger partial charge in [-0.1, -0.05) is 0 Å². The van der Waals surface area contributed by atoms with Gasteiger partial charge in [0.25, 0.3) is 0 Å². The molecule has 0 aliphatic heterocycles. The average Bonchev–Trinajstić information content (AvgIpc) is 2.14. The molecular weight excluding hydrogens is 162 g/mol. The van der Waals surface area contributed by atoms with Gasteiger partial charge in [0.15, 0.2) is 0 Å². The second kappa shape index (κ2) is 3.60. The third-order valence-electron chi connectivity index (χ3n) is 2.02. The Morgan fingerprint density at radius 1 is 1.38 bits per heavy atom. The number of anilines is 1. The van der Waals surface area contributed by atoms with Gasteiger partial charge < -0.3 is 5.73 Å². The summed E-state index contributed by atoms with van der Waals surface area (Å²) < 4.78 is 0. The quantitative estimate of drug-likeness (QED) is 0.651. The van der Waals surface area contributed by atoms with Crippen LogP contribution in [0.3, 0.4) is 0 Å². The number of hydrogen-bond donors (Lipinski definition) is 1. The number of nitrogens with two attached hydrogens (primary N) is 1. The van der Waals surface area contributed by atoms with Gasteiger partial charge in [0, 0.05) is 5.69 Å². The fourth-order valence-corrected chi connectivity index (χ4v) is 1.19. The standard InChI is InChI=1S/C10H9N3/c1-7-9(4-5-11)8(6-12)2-3-10(7)13/h2-3H,4,13H2,1H3. The molecule has 0 fully saturated rings. The summed E-state index contributed by atoms with van der Waals surface area (Å²) in [7, 11) is 0. The van der Waals surface area contributed by atoms with Crippen molar-refractivity contribution in [3.05, 3.63) is 28.8 Å². The van der Waals surface area contributed by atoms with Gasteiger partial charge in [-0.05, 0) is 30.2 Å². The maximum Gasteiger partial charge on any atom is 0.0995 e. The minimum absolute atomic E-state index is 0.236. The van der Waals surface area contributed by atoms with Gasteiger partial charge in [-0.2, -0.15) is 10.5 Å². The Morgan fingerprint density at radius 2 is 2.08 bits per heavy atom. The lowest BCUT2D eigenvalue weighted by Gasteiger charge is -2.06. The predicted molar refractivity (Wildman–Crippen MR) is 49.6 cm³/mol. The monoisotopic (exact) mass is 171 g/mol. The smallest absolute Gasteiger partial charge is 0.0995 e. The van der Waals surface area contributed by atoms with Gasteiger partial charge >= 0.3 is 0 Å². The number of rotatable bonds is 1. The normalized spacial score (nSPS) is 8.85. The molecule has 0 aliphatic rings. The molecular formula is C10H9N3. The molecule has 0 radical (unpaired) electrons. The van der Waals surface area contributed by atoms with Crippen LogP contribution in [0.25, 0.3) is 0 Å². The Morgan fingerprint density at radius 3 is 2.62 bits per heavy atom. The van der Waals surface area contributed by atoms with E-state index in [4.69, 9.17) is 16.3 Å². The SMILES string of the molecule is Cc1c(N)ccc(C#N)c1CC#N. The van der Waals surface area contributed by atoms with Gasteiger partial charge in [-0.15, -0.1) is 0 Å². The van der Waals surface area contributed by atoms with Crippen molar-refractivity contribution in [2.45, 2.75) is 13.3 Å². The van der Waals surface area contributed by atoms with E-state index in [1.807, 2.05) is 19.1 Å². The topological polar surface area (TPSA) is 73.6 Å². The molecule has 1 aromatic carbocycles. The molecule has 0 aromatic heterocycles. The van der Waals surface area contributed by atoms with Crippen LogP contribution in [0, 0.1) is 29.6 Å². The second-order valence-corrected chi connectivity index (χ2v) is 2.75. The van der Waals surface area contributed by atoms with E-state index in [1.54, 1.807) is 12.1 Å². The summed E-state index contributed by atoms with van der Waals surface area (Å²) in [6.07, 6.45) is 0.236. The Balaban J connectivity index is 3.36. The highest BCUT2D eigenvalue weighted by Gasteiger charge is 2.06. The summed E-state index contributed by atoms with van der Waals surface area (Å²) in [5.41, 5.74) is 8.39. The van der Waals surface area contributed by atoms with E-state index in [0.29, 0.717) is 11.3 Å². The number of nitriles is 2. The van der Waals surface area contributed by atoms with E-state index in [-0.39, 0.29) is 6.42 Å². The molecule has 0 spiro atoms. The van der Waals surface area contributed by atoms with Crippen molar-refractivity contribution >= 4 is 5.69 Å². The molecule has 0 saturated carbocycles. The van der Waals surface area contributed by atoms with Crippen LogP contribution < -0.4 is 5.73 Å². The maximum atomic E-state index is 8.76. The third-order valence-corrected chi connectivity index (χ3v) is 2.02. The van der Waals surface area contributed by atoms with Crippen LogP contribution in [0.15, 0.2) is 12.1 Å². The van der Waals surface area contributed by atoms with E-state index in [1.165, 1.54) is 0 Å². The van der Waals surface area contributed by atoms with Crippen LogP contribution in [-0.4, -0.2) is 0 Å². The van der Waals surface area contributed by atoms with Gasteiger partial charge in [0.05, 0.1) is 24.1 Å². The first-order valence-electron chi connectivity index (χ1n) is 3.85. The maximum absolute atomic E-state index is 8.76. The molecule has 0 bridgehead atoms. The van der Waals surface area contributed by atoms with Crippen molar-refractivity contribution in [1.82, 2.24) is 0 Å². The van der Waals surface area contributed by atoms with Crippen LogP contribution in [0.1, 0.15) is 16.7 Å². The molecule has 13 heavy (non-hydrogen) atoms. The van der Waals surface area contributed by atoms with E-state index in [2.05, 4.69) is 0 Å². The zero-order chi connectivity index (χ0) is 9.84. The van der Waals surface area contributed by atoms with E-state index in [0.717, 1.165) is 11.1 Å². The third kappa shape index (κ3) is 1.60. The minimum Gasteiger partial charge on any atom is -0.399 e. The molecule has 0 unspecified atom stereocenters. The van der Waals surface area contributed by atoms with Crippen LogP contribution in [-0.2, 0) is 6.42 Å². The summed E-state index contributed by atoms with van der Waals surface area (Å²) in [6, 6.07) is 7.40. The van der Waals surface area contributed by atoms with Gasteiger partial charge in [0.2, 0.25) is 0 Å². The molecule has 2 N–H and O–H groups in total. The van der Waals surface area contributed by atoms with Crippen molar-refractivity contribution in [2.75, 3.05) is 5.73 Å². The molecule has 3 nitrogen and oxygen atoms in total. The van der Waals surface area contributed by atoms with Crippen molar-refractivity contribution in [2.24, 2.45) is 0 Å². The fraction of sp³-hybridized carbons (Fsp3) is 0.200. The lowest BCUT2D eigenvalue weighted by atomic mass is 9.99. The highest BCUT2D eigenvalue weighted by Crippen LogP contribution is 2.20. The van der Waals surface area contributed by atoms with E-state index < -0.39 is 0 Å². The first kappa shape index (κ1) is 9.09. The van der Waals surface area contributed by atoms with E-state index >= 15 is 0 Å². The number of nitrogen functional groups attached to an aromatic ring is 1. The number of hydrogen-bond acceptors (Lipinski definition) is 3. The number of nitrogens with zero attached hydrogens (tertiary/aromatic N) is 2. The first-order chi connectivity index (χ1) is 6.20. The van der Waals surface area contributed by atoms with Crippen LogP contribution >= 0.6 is 0 Å². The summed E-state index contributed by atoms with van der Waals surface area (Å²) in [6.45, 7) is 1.82. The summed E-state index contributed by atoms with van der Waals surface area (Å²) in [5, 5.41) is 17.3. The zero-order valence-corrected chi connectivity index (χ0v) is 7.33.